The van der Waals surface area contributed by atoms with Gasteiger partial charge in [-0.15, -0.1) is 0 Å². The molecular weight excluding hydrogens is 177 g/mol. The van der Waals surface area contributed by atoms with Crippen molar-refractivity contribution in [1.29, 1.82) is 0 Å². The molecule has 0 bridgehead atoms. The van der Waals surface area contributed by atoms with Gasteiger partial charge in [-0.2, -0.15) is 9.45 Å². The molecule has 4 nitrogen and oxygen atoms in total. The van der Waals surface area contributed by atoms with Gasteiger partial charge >= 0.3 is 0 Å². The van der Waals surface area contributed by atoms with Gasteiger partial charge in [-0.05, 0) is 6.07 Å². The Bertz CT molecular complexity index is 315. The molecule has 5 heteroatoms. The molecule has 3 N–H and O–H groups in total. The average Bonchev–Trinajstić information content (AvgIpc) is 2.06. The minimum absolute atomic E-state index is 0.0109. The van der Waals surface area contributed by atoms with Gasteiger partial charge < -0.3 is 15.4 Å². The zero-order chi connectivity index (χ0) is 10.0. The smallest absolute Gasteiger partial charge is 0.206 e. The highest BCUT2D eigenvalue weighted by Gasteiger charge is 2.12. The molecule has 1 aromatic carbocycles. The van der Waals surface area contributed by atoms with Crippen molar-refractivity contribution < 1.29 is 19.8 Å². The molecule has 72 valence electrons. The third kappa shape index (κ3) is 2.07. The van der Waals surface area contributed by atoms with Crippen molar-refractivity contribution in [3.05, 3.63) is 23.5 Å². The van der Waals surface area contributed by atoms with Crippen LogP contribution in [0.15, 0.2) is 12.1 Å². The third-order valence-corrected chi connectivity index (χ3v) is 1.58. The van der Waals surface area contributed by atoms with Crippen molar-refractivity contribution in [1.82, 2.24) is 5.06 Å². The number of hydrogen-bond acceptors (Lipinski definition) is 4. The van der Waals surface area contributed by atoms with Gasteiger partial charge in [0.2, 0.25) is 5.82 Å². The first kappa shape index (κ1) is 9.76. The number of hydroxylamine groups is 2. The number of phenols is 2. The molecule has 0 atom stereocenters. The van der Waals surface area contributed by atoms with E-state index in [9.17, 15) is 4.39 Å². The summed E-state index contributed by atoms with van der Waals surface area (Å²) < 4.78 is 12.8. The molecule has 0 aromatic heterocycles. The lowest BCUT2D eigenvalue weighted by Gasteiger charge is -2.10. The van der Waals surface area contributed by atoms with Crippen LogP contribution in [0.2, 0.25) is 0 Å². The Balaban J connectivity index is 3.04. The van der Waals surface area contributed by atoms with E-state index in [2.05, 4.69) is 0 Å². The van der Waals surface area contributed by atoms with E-state index in [4.69, 9.17) is 15.4 Å². The monoisotopic (exact) mass is 187 g/mol. The standard InChI is InChI=1S/C8H10FNO3/c1-10(13)4-5-2-3-6(11)7(9)8(5)12/h2-3,11-13H,4H2,1H3. The molecule has 0 saturated carbocycles. The topological polar surface area (TPSA) is 63.9 Å². The summed E-state index contributed by atoms with van der Waals surface area (Å²) >= 11 is 0. The largest absolute Gasteiger partial charge is 0.505 e. The van der Waals surface area contributed by atoms with Crippen LogP contribution in [-0.2, 0) is 6.54 Å². The lowest BCUT2D eigenvalue weighted by molar-refractivity contribution is -0.0736. The molecule has 0 amide bonds. The Kier molecular flexibility index (Phi) is 2.69. The van der Waals surface area contributed by atoms with Gasteiger partial charge in [0.25, 0.3) is 0 Å². The van der Waals surface area contributed by atoms with Crippen LogP contribution in [0.1, 0.15) is 5.56 Å². The van der Waals surface area contributed by atoms with E-state index in [0.29, 0.717) is 0 Å². The molecule has 1 rings (SSSR count). The highest BCUT2D eigenvalue weighted by molar-refractivity contribution is 5.40. The van der Waals surface area contributed by atoms with Crippen molar-refractivity contribution in [2.24, 2.45) is 0 Å². The number of halogens is 1. The van der Waals surface area contributed by atoms with Crippen LogP contribution >= 0.6 is 0 Å². The summed E-state index contributed by atoms with van der Waals surface area (Å²) in [4.78, 5) is 0. The lowest BCUT2D eigenvalue weighted by Crippen LogP contribution is -2.11. The van der Waals surface area contributed by atoms with Crippen molar-refractivity contribution in [3.63, 3.8) is 0 Å². The van der Waals surface area contributed by atoms with Crippen LogP contribution in [-0.4, -0.2) is 27.5 Å². The maximum Gasteiger partial charge on any atom is 0.206 e. The number of nitrogens with zero attached hydrogens (tertiary/aromatic N) is 1. The van der Waals surface area contributed by atoms with Crippen LogP contribution in [0.5, 0.6) is 11.5 Å². The van der Waals surface area contributed by atoms with Crippen LogP contribution < -0.4 is 0 Å². The summed E-state index contributed by atoms with van der Waals surface area (Å²) in [5.41, 5.74) is 0.209. The van der Waals surface area contributed by atoms with Gasteiger partial charge in [0.1, 0.15) is 0 Å². The van der Waals surface area contributed by atoms with Gasteiger partial charge in [0.05, 0.1) is 6.54 Å². The molecule has 0 spiro atoms. The fourth-order valence-corrected chi connectivity index (χ4v) is 0.968. The van der Waals surface area contributed by atoms with E-state index >= 15 is 0 Å². The molecule has 0 aliphatic rings. The van der Waals surface area contributed by atoms with Gasteiger partial charge in [0, 0.05) is 12.6 Å². The Morgan fingerprint density at radius 3 is 2.54 bits per heavy atom. The van der Waals surface area contributed by atoms with Crippen molar-refractivity contribution >= 4 is 0 Å². The molecule has 0 aliphatic carbocycles. The average molecular weight is 187 g/mol. The number of phenolic OH excluding ortho intramolecular Hbond substituents is 2. The summed E-state index contributed by atoms with van der Waals surface area (Å²) in [5, 5.41) is 27.6. The van der Waals surface area contributed by atoms with E-state index in [1.807, 2.05) is 0 Å². The number of benzene rings is 1. The van der Waals surface area contributed by atoms with Crippen LogP contribution in [0.25, 0.3) is 0 Å². The SMILES string of the molecule is CN(O)Cc1ccc(O)c(F)c1O. The first-order chi connectivity index (χ1) is 6.02. The molecule has 0 heterocycles. The molecule has 0 fully saturated rings. The van der Waals surface area contributed by atoms with Gasteiger partial charge in [-0.25, -0.2) is 0 Å². The highest BCUT2D eigenvalue weighted by atomic mass is 19.1. The summed E-state index contributed by atoms with van der Waals surface area (Å²) in [6.07, 6.45) is 0. The predicted octanol–water partition coefficient (Wildman–Crippen LogP) is 1.06. The number of hydrogen-bond donors (Lipinski definition) is 3. The predicted molar refractivity (Wildman–Crippen MR) is 43.0 cm³/mol. The number of rotatable bonds is 2. The molecule has 0 aliphatic heterocycles. The maximum absolute atomic E-state index is 12.8. The zero-order valence-corrected chi connectivity index (χ0v) is 7.03. The normalized spacial score (nSPS) is 10.8. The Morgan fingerprint density at radius 2 is 2.00 bits per heavy atom. The summed E-state index contributed by atoms with van der Waals surface area (Å²) in [6.45, 7) is -0.0109. The Morgan fingerprint density at radius 1 is 1.38 bits per heavy atom. The van der Waals surface area contributed by atoms with Crippen LogP contribution in [0, 0.1) is 5.82 Å². The van der Waals surface area contributed by atoms with Gasteiger partial charge in [-0.1, -0.05) is 6.07 Å². The second-order valence-electron chi connectivity index (χ2n) is 2.72. The third-order valence-electron chi connectivity index (χ3n) is 1.58. The number of aromatic hydroxyl groups is 2. The molecule has 0 saturated heterocycles. The summed E-state index contributed by atoms with van der Waals surface area (Å²) in [7, 11) is 1.37. The van der Waals surface area contributed by atoms with Crippen molar-refractivity contribution in [3.8, 4) is 11.5 Å². The fourth-order valence-electron chi connectivity index (χ4n) is 0.968. The second kappa shape index (κ2) is 3.59. The minimum atomic E-state index is -1.07. The second-order valence-corrected chi connectivity index (χ2v) is 2.72. The molecule has 0 radical (unpaired) electrons. The van der Waals surface area contributed by atoms with E-state index in [0.717, 1.165) is 11.1 Å². The van der Waals surface area contributed by atoms with Crippen LogP contribution in [0.4, 0.5) is 4.39 Å². The van der Waals surface area contributed by atoms with E-state index in [1.54, 1.807) is 0 Å². The summed E-state index contributed by atoms with van der Waals surface area (Å²) in [6, 6.07) is 2.45. The van der Waals surface area contributed by atoms with Gasteiger partial charge in [0.15, 0.2) is 11.5 Å². The van der Waals surface area contributed by atoms with Crippen LogP contribution in [0.3, 0.4) is 0 Å². The first-order valence-corrected chi connectivity index (χ1v) is 3.61. The minimum Gasteiger partial charge on any atom is -0.505 e. The van der Waals surface area contributed by atoms with Crippen molar-refractivity contribution in [2.75, 3.05) is 7.05 Å². The lowest BCUT2D eigenvalue weighted by atomic mass is 10.2. The van der Waals surface area contributed by atoms with Crippen molar-refractivity contribution in [2.45, 2.75) is 6.54 Å². The maximum atomic E-state index is 12.8. The van der Waals surface area contributed by atoms with E-state index in [-0.39, 0.29) is 12.1 Å². The first-order valence-electron chi connectivity index (χ1n) is 3.61. The van der Waals surface area contributed by atoms with E-state index in [1.165, 1.54) is 13.1 Å². The molecular formula is C8H10FNO3. The Hall–Kier alpha value is -1.33. The molecule has 13 heavy (non-hydrogen) atoms. The molecule has 0 unspecified atom stereocenters. The zero-order valence-electron chi connectivity index (χ0n) is 7.03. The van der Waals surface area contributed by atoms with E-state index < -0.39 is 17.3 Å². The quantitative estimate of drug-likeness (QED) is 0.606. The Labute approximate surface area is 74.4 Å². The van der Waals surface area contributed by atoms with Gasteiger partial charge in [-0.3, -0.25) is 0 Å². The summed E-state index contributed by atoms with van der Waals surface area (Å²) in [5.74, 6) is -2.32. The highest BCUT2D eigenvalue weighted by Crippen LogP contribution is 2.28. The fraction of sp³-hybridized carbons (Fsp3) is 0.250. The molecule has 1 aromatic rings.